The predicted molar refractivity (Wildman–Crippen MR) is 66.4 cm³/mol. The number of nitrogens with one attached hydrogen (secondary N) is 2. The van der Waals surface area contributed by atoms with Gasteiger partial charge in [0.05, 0.1) is 11.0 Å². The van der Waals surface area contributed by atoms with Crippen LogP contribution in [-0.2, 0) is 9.59 Å². The Morgan fingerprint density at radius 2 is 2.11 bits per heavy atom. The second kappa shape index (κ2) is 4.48. The molecule has 6 nitrogen and oxygen atoms in total. The van der Waals surface area contributed by atoms with E-state index < -0.39 is 11.9 Å². The molecule has 18 heavy (non-hydrogen) atoms. The van der Waals surface area contributed by atoms with E-state index in [0.717, 1.165) is 16.9 Å². The zero-order valence-corrected chi connectivity index (χ0v) is 10.0. The lowest BCUT2D eigenvalue weighted by molar-refractivity contribution is -0.147. The highest BCUT2D eigenvalue weighted by Gasteiger charge is 2.12. The van der Waals surface area contributed by atoms with E-state index in [4.69, 9.17) is 5.11 Å². The fraction of sp³-hybridized carbons (Fsp3) is 0.250. The third-order valence-electron chi connectivity index (χ3n) is 2.50. The first kappa shape index (κ1) is 12.1. The number of aromatic amines is 1. The molecule has 1 aromatic carbocycles. The summed E-state index contributed by atoms with van der Waals surface area (Å²) in [5.41, 5.74) is 1.97. The number of carboxylic acids is 1. The van der Waals surface area contributed by atoms with E-state index in [1.54, 1.807) is 18.2 Å². The molecule has 2 aromatic rings. The van der Waals surface area contributed by atoms with Gasteiger partial charge < -0.3 is 15.4 Å². The molecule has 0 saturated heterocycles. The highest BCUT2D eigenvalue weighted by molar-refractivity contribution is 6.36. The van der Waals surface area contributed by atoms with Gasteiger partial charge in [-0.15, -0.1) is 0 Å². The van der Waals surface area contributed by atoms with Crippen LogP contribution in [0.4, 0.5) is 5.69 Å². The largest absolute Gasteiger partial charge is 0.474 e. The van der Waals surface area contributed by atoms with Crippen LogP contribution >= 0.6 is 0 Å². The molecular formula is C12H13N3O3. The number of amides is 1. The average molecular weight is 247 g/mol. The van der Waals surface area contributed by atoms with Crippen LogP contribution in [0.1, 0.15) is 25.6 Å². The number of carbonyl (C=O) groups is 2. The SMILES string of the molecule is CC(C)c1nc2ccc(NC(=O)C(=O)O)cc2[nH]1. The first-order valence-electron chi connectivity index (χ1n) is 5.51. The molecule has 1 aromatic heterocycles. The number of carbonyl (C=O) groups excluding carboxylic acids is 1. The number of aliphatic carboxylic acids is 1. The Labute approximate surface area is 103 Å². The molecule has 0 spiro atoms. The van der Waals surface area contributed by atoms with E-state index >= 15 is 0 Å². The summed E-state index contributed by atoms with van der Waals surface area (Å²) in [5, 5.41) is 10.8. The van der Waals surface area contributed by atoms with Crippen molar-refractivity contribution in [3.8, 4) is 0 Å². The number of fused-ring (bicyclic) bond motifs is 1. The molecule has 0 bridgehead atoms. The molecule has 0 aliphatic carbocycles. The molecule has 1 heterocycles. The van der Waals surface area contributed by atoms with E-state index in [1.165, 1.54) is 0 Å². The van der Waals surface area contributed by atoms with E-state index in [0.29, 0.717) is 5.69 Å². The molecule has 0 fully saturated rings. The lowest BCUT2D eigenvalue weighted by atomic mass is 10.2. The molecular weight excluding hydrogens is 234 g/mol. The molecule has 0 aliphatic heterocycles. The molecule has 2 rings (SSSR count). The van der Waals surface area contributed by atoms with Crippen molar-refractivity contribution in [2.75, 3.05) is 5.32 Å². The fourth-order valence-electron chi connectivity index (χ4n) is 1.57. The Morgan fingerprint density at radius 3 is 2.72 bits per heavy atom. The lowest BCUT2D eigenvalue weighted by Gasteiger charge is -2.00. The predicted octanol–water partition coefficient (Wildman–Crippen LogP) is 1.71. The molecule has 6 heteroatoms. The number of benzene rings is 1. The van der Waals surface area contributed by atoms with E-state index in [2.05, 4.69) is 15.3 Å². The van der Waals surface area contributed by atoms with Crippen LogP contribution in [0, 0.1) is 0 Å². The molecule has 0 radical (unpaired) electrons. The van der Waals surface area contributed by atoms with E-state index in [1.807, 2.05) is 13.8 Å². The lowest BCUT2D eigenvalue weighted by Crippen LogP contribution is -2.21. The fourth-order valence-corrected chi connectivity index (χ4v) is 1.57. The van der Waals surface area contributed by atoms with Crippen molar-refractivity contribution in [3.63, 3.8) is 0 Å². The number of anilines is 1. The molecule has 1 amide bonds. The average Bonchev–Trinajstić information content (AvgIpc) is 2.71. The second-order valence-corrected chi connectivity index (χ2v) is 4.27. The van der Waals surface area contributed by atoms with Crippen LogP contribution in [0.3, 0.4) is 0 Å². The molecule has 0 unspecified atom stereocenters. The Balaban J connectivity index is 2.32. The van der Waals surface area contributed by atoms with Gasteiger partial charge in [-0.2, -0.15) is 0 Å². The van der Waals surface area contributed by atoms with Crippen molar-refractivity contribution in [2.45, 2.75) is 19.8 Å². The van der Waals surface area contributed by atoms with Gasteiger partial charge in [-0.05, 0) is 18.2 Å². The normalized spacial score (nSPS) is 10.8. The van der Waals surface area contributed by atoms with Gasteiger partial charge in [0.25, 0.3) is 0 Å². The van der Waals surface area contributed by atoms with E-state index in [-0.39, 0.29) is 5.92 Å². The molecule has 94 valence electrons. The summed E-state index contributed by atoms with van der Waals surface area (Å²) in [5.74, 6) is -1.44. The molecule has 0 saturated carbocycles. The first-order chi connectivity index (χ1) is 8.47. The van der Waals surface area contributed by atoms with Crippen LogP contribution in [0.2, 0.25) is 0 Å². The van der Waals surface area contributed by atoms with Crippen molar-refractivity contribution < 1.29 is 14.7 Å². The minimum absolute atomic E-state index is 0.273. The summed E-state index contributed by atoms with van der Waals surface area (Å²) in [6.07, 6.45) is 0. The zero-order valence-electron chi connectivity index (χ0n) is 10.0. The van der Waals surface area contributed by atoms with Gasteiger partial charge in [-0.1, -0.05) is 13.8 Å². The maximum atomic E-state index is 11.0. The first-order valence-corrected chi connectivity index (χ1v) is 5.51. The van der Waals surface area contributed by atoms with Crippen LogP contribution in [-0.4, -0.2) is 27.0 Å². The van der Waals surface area contributed by atoms with Crippen LogP contribution in [0.5, 0.6) is 0 Å². The Bertz CT molecular complexity index is 616. The van der Waals surface area contributed by atoms with Crippen molar-refractivity contribution >= 4 is 28.6 Å². The smallest absolute Gasteiger partial charge is 0.394 e. The monoisotopic (exact) mass is 247 g/mol. The maximum absolute atomic E-state index is 11.0. The van der Waals surface area contributed by atoms with Gasteiger partial charge in [0, 0.05) is 11.6 Å². The Kier molecular flexibility index (Phi) is 3.01. The third kappa shape index (κ3) is 2.32. The molecule has 0 atom stereocenters. The standard InChI is InChI=1S/C12H13N3O3/c1-6(2)10-14-8-4-3-7(5-9(8)15-10)13-11(16)12(17)18/h3-6H,1-2H3,(H,13,16)(H,14,15)(H,17,18). The number of aromatic nitrogens is 2. The number of carboxylic acid groups (broad SMARTS) is 1. The van der Waals surface area contributed by atoms with Gasteiger partial charge in [-0.3, -0.25) is 4.79 Å². The number of imidazole rings is 1. The topological polar surface area (TPSA) is 95.1 Å². The summed E-state index contributed by atoms with van der Waals surface area (Å²) in [4.78, 5) is 29.0. The molecule has 0 aliphatic rings. The van der Waals surface area contributed by atoms with Gasteiger partial charge in [0.1, 0.15) is 5.82 Å². The summed E-state index contributed by atoms with van der Waals surface area (Å²) in [6.45, 7) is 4.04. The summed E-state index contributed by atoms with van der Waals surface area (Å²) in [6, 6.07) is 5.01. The van der Waals surface area contributed by atoms with Crippen LogP contribution < -0.4 is 5.32 Å². The van der Waals surface area contributed by atoms with Gasteiger partial charge in [0.2, 0.25) is 0 Å². The van der Waals surface area contributed by atoms with Crippen LogP contribution in [0.25, 0.3) is 11.0 Å². The van der Waals surface area contributed by atoms with Crippen molar-refractivity contribution in [1.29, 1.82) is 0 Å². The quantitative estimate of drug-likeness (QED) is 0.704. The highest BCUT2D eigenvalue weighted by Crippen LogP contribution is 2.20. The number of rotatable bonds is 2. The second-order valence-electron chi connectivity index (χ2n) is 4.27. The minimum Gasteiger partial charge on any atom is -0.474 e. The Hall–Kier alpha value is -2.37. The van der Waals surface area contributed by atoms with Gasteiger partial charge in [0.15, 0.2) is 0 Å². The number of hydrogen-bond donors (Lipinski definition) is 3. The van der Waals surface area contributed by atoms with Gasteiger partial charge in [-0.25, -0.2) is 9.78 Å². The van der Waals surface area contributed by atoms with Crippen molar-refractivity contribution in [2.24, 2.45) is 0 Å². The van der Waals surface area contributed by atoms with Crippen LogP contribution in [0.15, 0.2) is 18.2 Å². The van der Waals surface area contributed by atoms with Crippen molar-refractivity contribution in [1.82, 2.24) is 9.97 Å². The van der Waals surface area contributed by atoms with Gasteiger partial charge >= 0.3 is 11.9 Å². The molecule has 3 N–H and O–H groups in total. The maximum Gasteiger partial charge on any atom is 0.394 e. The Morgan fingerprint density at radius 1 is 1.39 bits per heavy atom. The number of hydrogen-bond acceptors (Lipinski definition) is 3. The summed E-state index contributed by atoms with van der Waals surface area (Å²) >= 11 is 0. The third-order valence-corrected chi connectivity index (χ3v) is 2.50. The number of H-pyrrole nitrogens is 1. The summed E-state index contributed by atoms with van der Waals surface area (Å²) in [7, 11) is 0. The summed E-state index contributed by atoms with van der Waals surface area (Å²) < 4.78 is 0. The van der Waals surface area contributed by atoms with E-state index in [9.17, 15) is 9.59 Å². The zero-order chi connectivity index (χ0) is 13.3. The number of nitrogens with zero attached hydrogens (tertiary/aromatic N) is 1. The van der Waals surface area contributed by atoms with Crippen molar-refractivity contribution in [3.05, 3.63) is 24.0 Å². The highest BCUT2D eigenvalue weighted by atomic mass is 16.4. The minimum atomic E-state index is -1.51.